The summed E-state index contributed by atoms with van der Waals surface area (Å²) in [6.07, 6.45) is 0.935. The van der Waals surface area contributed by atoms with Crippen LogP contribution in [-0.4, -0.2) is 11.8 Å². The molecule has 0 N–H and O–H groups in total. The minimum absolute atomic E-state index is 0.232. The molecule has 0 amide bonds. The molecule has 0 fully saturated rings. The molecule has 28 heavy (non-hydrogen) atoms. The van der Waals surface area contributed by atoms with Gasteiger partial charge in [0.25, 0.3) is 0 Å². The zero-order valence-corrected chi connectivity index (χ0v) is 17.9. The van der Waals surface area contributed by atoms with Crippen LogP contribution in [0.4, 0.5) is 0 Å². The zero-order chi connectivity index (χ0) is 20.1. The molecule has 3 rings (SSSR count). The third-order valence-electron chi connectivity index (χ3n) is 5.23. The fourth-order valence-electron chi connectivity index (χ4n) is 3.86. The number of esters is 1. The van der Waals surface area contributed by atoms with E-state index in [0.29, 0.717) is 12.8 Å². The van der Waals surface area contributed by atoms with E-state index in [4.69, 9.17) is 16.0 Å². The predicted molar refractivity (Wildman–Crippen MR) is 121 cm³/mol. The van der Waals surface area contributed by atoms with Crippen LogP contribution >= 0.6 is 17.2 Å². The van der Waals surface area contributed by atoms with Crippen LogP contribution in [0.25, 0.3) is 0 Å². The Morgan fingerprint density at radius 2 is 1.14 bits per heavy atom. The molecule has 0 saturated carbocycles. The first-order chi connectivity index (χ1) is 13.6. The quantitative estimate of drug-likeness (QED) is 0.385. The molecule has 1 atom stereocenters. The van der Waals surface area contributed by atoms with Crippen LogP contribution in [0.15, 0.2) is 91.0 Å². The maximum absolute atomic E-state index is 12.4. The fourth-order valence-corrected chi connectivity index (χ4v) is 10.6. The van der Waals surface area contributed by atoms with Gasteiger partial charge in [0.1, 0.15) is 0 Å². The first-order valence-corrected chi connectivity index (χ1v) is 12.9. The summed E-state index contributed by atoms with van der Waals surface area (Å²) >= 11 is 7.99. The summed E-state index contributed by atoms with van der Waals surface area (Å²) in [6, 6.07) is 30.3. The van der Waals surface area contributed by atoms with Gasteiger partial charge in [-0.05, 0) is 0 Å². The van der Waals surface area contributed by atoms with Crippen LogP contribution < -0.4 is 15.9 Å². The Balaban J connectivity index is 2.45. The number of carbonyl (C=O) groups is 1. The van der Waals surface area contributed by atoms with Crippen LogP contribution in [0.5, 0.6) is 0 Å². The van der Waals surface area contributed by atoms with Crippen LogP contribution in [0, 0.1) is 0 Å². The van der Waals surface area contributed by atoms with Crippen LogP contribution in [-0.2, 0) is 9.53 Å². The van der Waals surface area contributed by atoms with Crippen molar-refractivity contribution in [3.63, 3.8) is 0 Å². The number of halogens is 1. The molecule has 0 aliphatic rings. The Kier molecular flexibility index (Phi) is 6.23. The third kappa shape index (κ3) is 3.26. The van der Waals surface area contributed by atoms with E-state index in [2.05, 4.69) is 36.4 Å². The number of hydrogen-bond donors (Lipinski definition) is 0. The summed E-state index contributed by atoms with van der Waals surface area (Å²) in [4.78, 5) is 12.4. The second-order valence-electron chi connectivity index (χ2n) is 6.79. The van der Waals surface area contributed by atoms with Crippen molar-refractivity contribution in [2.45, 2.75) is 32.5 Å². The van der Waals surface area contributed by atoms with Crippen molar-refractivity contribution in [2.75, 3.05) is 0 Å². The van der Waals surface area contributed by atoms with Gasteiger partial charge in [-0.15, -0.1) is 0 Å². The fraction of sp³-hybridized carbons (Fsp3) is 0.208. The summed E-state index contributed by atoms with van der Waals surface area (Å²) < 4.78 is 6.07. The molecule has 0 heterocycles. The zero-order valence-electron chi connectivity index (χ0n) is 16.3. The standard InChI is InChI=1S/C24H26ClO2P/c1-3-23(26)27-24(4-2)28(25,20-14-8-5-9-15-20,21-16-10-6-11-17-21)22-18-12-7-13-19-22/h5-19,24H,3-4H2,1-2H3. The molecule has 3 aromatic rings. The molecule has 146 valence electrons. The van der Waals surface area contributed by atoms with Crippen LogP contribution in [0.1, 0.15) is 26.7 Å². The van der Waals surface area contributed by atoms with Crippen molar-refractivity contribution < 1.29 is 9.53 Å². The number of carbonyl (C=O) groups excluding carboxylic acids is 1. The first-order valence-electron chi connectivity index (χ1n) is 9.65. The molecule has 0 saturated heterocycles. The number of benzene rings is 3. The Hall–Kier alpha value is -2.15. The Bertz CT molecular complexity index is 814. The average molecular weight is 413 g/mol. The molecule has 2 nitrogen and oxygen atoms in total. The molecular weight excluding hydrogens is 387 g/mol. The Morgan fingerprint density at radius 1 is 0.786 bits per heavy atom. The van der Waals surface area contributed by atoms with Crippen LogP contribution in [0.3, 0.4) is 0 Å². The SMILES string of the molecule is CCC(=O)OC(CC)P(Cl)(c1ccccc1)(c1ccccc1)c1ccccc1. The van der Waals surface area contributed by atoms with E-state index in [-0.39, 0.29) is 5.97 Å². The summed E-state index contributed by atoms with van der Waals surface area (Å²) in [5.41, 5.74) is 0. The van der Waals surface area contributed by atoms with Gasteiger partial charge < -0.3 is 0 Å². The van der Waals surface area contributed by atoms with E-state index in [1.807, 2.05) is 68.4 Å². The molecule has 0 spiro atoms. The van der Waals surface area contributed by atoms with Crippen LogP contribution in [0.2, 0.25) is 0 Å². The Labute approximate surface area is 172 Å². The van der Waals surface area contributed by atoms with Crippen molar-refractivity contribution in [3.05, 3.63) is 91.0 Å². The first kappa shape index (κ1) is 20.6. The second-order valence-corrected chi connectivity index (χ2v) is 13.2. The van der Waals surface area contributed by atoms with Gasteiger partial charge in [-0.1, -0.05) is 0 Å². The number of rotatable bonds is 7. The molecule has 0 aliphatic heterocycles. The summed E-state index contributed by atoms with van der Waals surface area (Å²) in [7, 11) is 0. The monoisotopic (exact) mass is 412 g/mol. The van der Waals surface area contributed by atoms with Gasteiger partial charge in [-0.3, -0.25) is 0 Å². The summed E-state index contributed by atoms with van der Waals surface area (Å²) in [6.45, 7) is 3.85. The average Bonchev–Trinajstić information content (AvgIpc) is 2.78. The van der Waals surface area contributed by atoms with Crippen molar-refractivity contribution in [3.8, 4) is 0 Å². The van der Waals surface area contributed by atoms with E-state index < -0.39 is 11.8 Å². The van der Waals surface area contributed by atoms with E-state index in [1.54, 1.807) is 0 Å². The van der Waals surface area contributed by atoms with Crippen molar-refractivity contribution in [1.29, 1.82) is 0 Å². The topological polar surface area (TPSA) is 26.3 Å². The van der Waals surface area contributed by atoms with Crippen molar-refractivity contribution in [2.24, 2.45) is 0 Å². The number of hydrogen-bond acceptors (Lipinski definition) is 2. The molecule has 0 bridgehead atoms. The van der Waals surface area contributed by atoms with E-state index >= 15 is 0 Å². The number of ether oxygens (including phenoxy) is 1. The van der Waals surface area contributed by atoms with Gasteiger partial charge in [0, 0.05) is 0 Å². The van der Waals surface area contributed by atoms with Gasteiger partial charge >= 0.3 is 172 Å². The third-order valence-corrected chi connectivity index (χ3v) is 13.1. The maximum atomic E-state index is 12.4. The molecule has 0 aromatic heterocycles. The molecule has 3 aromatic carbocycles. The normalized spacial score (nSPS) is 13.9. The predicted octanol–water partition coefficient (Wildman–Crippen LogP) is 5.36. The summed E-state index contributed by atoms with van der Waals surface area (Å²) in [5, 5.41) is 3.01. The second kappa shape index (κ2) is 8.47. The molecule has 1 unspecified atom stereocenters. The Morgan fingerprint density at radius 3 is 1.43 bits per heavy atom. The van der Waals surface area contributed by atoms with Gasteiger partial charge in [0.05, 0.1) is 0 Å². The van der Waals surface area contributed by atoms with Gasteiger partial charge in [-0.25, -0.2) is 0 Å². The van der Waals surface area contributed by atoms with Gasteiger partial charge in [0.15, 0.2) is 0 Å². The molecular formula is C24H26ClO2P. The van der Waals surface area contributed by atoms with Crippen molar-refractivity contribution in [1.82, 2.24) is 0 Å². The molecule has 0 radical (unpaired) electrons. The van der Waals surface area contributed by atoms with E-state index in [9.17, 15) is 4.79 Å². The van der Waals surface area contributed by atoms with Crippen molar-refractivity contribution >= 4 is 39.1 Å². The molecule has 0 aliphatic carbocycles. The van der Waals surface area contributed by atoms with Gasteiger partial charge in [-0.2, -0.15) is 0 Å². The van der Waals surface area contributed by atoms with E-state index in [1.165, 1.54) is 0 Å². The summed E-state index contributed by atoms with van der Waals surface area (Å²) in [5.74, 6) is -4.32. The molecule has 4 heteroatoms. The minimum atomic E-state index is -3.62. The van der Waals surface area contributed by atoms with Gasteiger partial charge in [0.2, 0.25) is 0 Å². The van der Waals surface area contributed by atoms with E-state index in [0.717, 1.165) is 15.9 Å².